The zero-order valence-electron chi connectivity index (χ0n) is 19.9. The molecular formula is C24H24F3N5O5. The van der Waals surface area contributed by atoms with Crippen LogP contribution >= 0.6 is 0 Å². The van der Waals surface area contributed by atoms with Crippen LogP contribution in [0.1, 0.15) is 36.7 Å². The topological polar surface area (TPSA) is 124 Å². The number of piperidine rings is 1. The van der Waals surface area contributed by atoms with E-state index in [0.29, 0.717) is 16.6 Å². The van der Waals surface area contributed by atoms with Gasteiger partial charge >= 0.3 is 6.36 Å². The molecule has 0 radical (unpaired) electrons. The molecular weight excluding hydrogens is 495 g/mol. The zero-order chi connectivity index (χ0) is 26.7. The highest BCUT2D eigenvalue weighted by molar-refractivity contribution is 6.09. The first-order valence-electron chi connectivity index (χ1n) is 11.4. The molecule has 1 fully saturated rings. The molecule has 0 aliphatic carbocycles. The number of carbonyl (C=O) groups excluding carboxylic acids is 3. The first kappa shape index (κ1) is 25.9. The number of hydrogen-bond acceptors (Lipinski definition) is 7. The Morgan fingerprint density at radius 3 is 2.68 bits per heavy atom. The van der Waals surface area contributed by atoms with Gasteiger partial charge in [0, 0.05) is 41.8 Å². The molecule has 1 aliphatic rings. The number of carbonyl (C=O) groups is 3. The van der Waals surface area contributed by atoms with E-state index in [0.717, 1.165) is 6.07 Å². The van der Waals surface area contributed by atoms with Crippen LogP contribution in [0.5, 0.6) is 11.5 Å². The minimum absolute atomic E-state index is 0.0339. The standard InChI is InChI=1S/C24H24F3N5O5/c1-13(2)32-10-16(15-9-28-12-30-22(15)32)21(34)14-7-17(23(35)29-8-14)31-20(33)11-36-18-5-3-4-6-19(18)37-24(25,26)27/h3-6,9-10,12-14,17H,7-8,11H2,1-2H3,(H,29,35)(H,31,33). The van der Waals surface area contributed by atoms with E-state index in [1.807, 2.05) is 18.4 Å². The number of rotatable bonds is 8. The van der Waals surface area contributed by atoms with Crippen LogP contribution in [0.15, 0.2) is 43.0 Å². The van der Waals surface area contributed by atoms with Crippen molar-refractivity contribution < 1.29 is 37.0 Å². The third kappa shape index (κ3) is 5.98. The van der Waals surface area contributed by atoms with Crippen LogP contribution in [0.3, 0.4) is 0 Å². The lowest BCUT2D eigenvalue weighted by atomic mass is 9.88. The van der Waals surface area contributed by atoms with Gasteiger partial charge in [-0.1, -0.05) is 12.1 Å². The van der Waals surface area contributed by atoms with E-state index < -0.39 is 42.5 Å². The molecule has 2 amide bonds. The molecule has 2 atom stereocenters. The lowest BCUT2D eigenvalue weighted by Gasteiger charge is -2.28. The van der Waals surface area contributed by atoms with Gasteiger partial charge in [-0.15, -0.1) is 13.2 Å². The fraction of sp³-hybridized carbons (Fsp3) is 0.375. The third-order valence-corrected chi connectivity index (χ3v) is 5.81. The summed E-state index contributed by atoms with van der Waals surface area (Å²) in [5.41, 5.74) is 1.03. The monoisotopic (exact) mass is 519 g/mol. The van der Waals surface area contributed by atoms with Crippen LogP contribution in [0.2, 0.25) is 0 Å². The third-order valence-electron chi connectivity index (χ3n) is 5.81. The number of nitrogens with zero attached hydrogens (tertiary/aromatic N) is 3. The molecule has 10 nitrogen and oxygen atoms in total. The fourth-order valence-electron chi connectivity index (χ4n) is 4.10. The summed E-state index contributed by atoms with van der Waals surface area (Å²) in [5.74, 6) is -2.98. The van der Waals surface area contributed by atoms with Crippen LogP contribution < -0.4 is 20.1 Å². The van der Waals surface area contributed by atoms with Crippen molar-refractivity contribution in [3.8, 4) is 11.5 Å². The van der Waals surface area contributed by atoms with Gasteiger partial charge in [0.1, 0.15) is 18.0 Å². The number of fused-ring (bicyclic) bond motifs is 1. The molecule has 2 N–H and O–H groups in total. The van der Waals surface area contributed by atoms with E-state index in [2.05, 4.69) is 25.3 Å². The van der Waals surface area contributed by atoms with Crippen molar-refractivity contribution in [2.45, 2.75) is 38.7 Å². The van der Waals surface area contributed by atoms with Gasteiger partial charge in [0.15, 0.2) is 23.9 Å². The van der Waals surface area contributed by atoms with Gasteiger partial charge in [-0.25, -0.2) is 9.97 Å². The molecule has 0 bridgehead atoms. The van der Waals surface area contributed by atoms with Crippen molar-refractivity contribution in [3.63, 3.8) is 0 Å². The molecule has 1 aromatic carbocycles. The van der Waals surface area contributed by atoms with Crippen LogP contribution in [0.25, 0.3) is 11.0 Å². The summed E-state index contributed by atoms with van der Waals surface area (Å²) in [6.07, 6.45) is -0.224. The van der Waals surface area contributed by atoms with Crippen LogP contribution in [-0.2, 0) is 9.59 Å². The highest BCUT2D eigenvalue weighted by Crippen LogP contribution is 2.32. The van der Waals surface area contributed by atoms with Gasteiger partial charge in [-0.05, 0) is 32.4 Å². The first-order chi connectivity index (χ1) is 17.5. The number of nitrogens with one attached hydrogen (secondary N) is 2. The Kier molecular flexibility index (Phi) is 7.32. The number of ketones is 1. The van der Waals surface area contributed by atoms with E-state index in [4.69, 9.17) is 4.74 Å². The zero-order valence-corrected chi connectivity index (χ0v) is 19.9. The van der Waals surface area contributed by atoms with Crippen molar-refractivity contribution in [2.75, 3.05) is 13.2 Å². The number of benzene rings is 1. The van der Waals surface area contributed by atoms with Crippen molar-refractivity contribution in [1.82, 2.24) is 25.2 Å². The number of aromatic nitrogens is 3. The number of halogens is 3. The smallest absolute Gasteiger partial charge is 0.480 e. The van der Waals surface area contributed by atoms with Gasteiger partial charge in [-0.2, -0.15) is 0 Å². The summed E-state index contributed by atoms with van der Waals surface area (Å²) in [4.78, 5) is 46.5. The molecule has 4 rings (SSSR count). The van der Waals surface area contributed by atoms with Crippen molar-refractivity contribution in [1.29, 1.82) is 0 Å². The molecule has 0 saturated carbocycles. The van der Waals surface area contributed by atoms with E-state index in [9.17, 15) is 27.6 Å². The molecule has 3 aromatic rings. The van der Waals surface area contributed by atoms with E-state index in [1.54, 1.807) is 12.4 Å². The minimum atomic E-state index is -4.93. The maximum Gasteiger partial charge on any atom is 0.573 e. The summed E-state index contributed by atoms with van der Waals surface area (Å²) < 4.78 is 48.7. The normalized spacial score (nSPS) is 17.9. The predicted molar refractivity (Wildman–Crippen MR) is 124 cm³/mol. The molecule has 2 unspecified atom stereocenters. The number of para-hydroxylation sites is 2. The summed E-state index contributed by atoms with van der Waals surface area (Å²) >= 11 is 0. The fourth-order valence-corrected chi connectivity index (χ4v) is 4.10. The second-order valence-electron chi connectivity index (χ2n) is 8.75. The molecule has 13 heteroatoms. The van der Waals surface area contributed by atoms with Crippen LogP contribution in [0.4, 0.5) is 13.2 Å². The van der Waals surface area contributed by atoms with Crippen molar-refractivity contribution in [3.05, 3.63) is 48.5 Å². The molecule has 37 heavy (non-hydrogen) atoms. The first-order valence-corrected chi connectivity index (χ1v) is 11.4. The molecule has 1 aliphatic heterocycles. The number of Topliss-reactive ketones (excluding diaryl/α,β-unsaturated/α-hetero) is 1. The lowest BCUT2D eigenvalue weighted by molar-refractivity contribution is -0.275. The minimum Gasteiger partial charge on any atom is -0.480 e. The SMILES string of the molecule is CC(C)n1cc(C(=O)C2CNC(=O)C(NC(=O)COc3ccccc3OC(F)(F)F)C2)c2cncnc21. The van der Waals surface area contributed by atoms with Gasteiger partial charge < -0.3 is 24.7 Å². The second kappa shape index (κ2) is 10.4. The number of ether oxygens (including phenoxy) is 2. The molecule has 2 aromatic heterocycles. The van der Waals surface area contributed by atoms with E-state index >= 15 is 0 Å². The number of amides is 2. The maximum absolute atomic E-state index is 13.4. The maximum atomic E-state index is 13.4. The van der Waals surface area contributed by atoms with Crippen molar-refractivity contribution >= 4 is 28.6 Å². The predicted octanol–water partition coefficient (Wildman–Crippen LogP) is 2.79. The molecule has 0 spiro atoms. The lowest BCUT2D eigenvalue weighted by Crippen LogP contribution is -2.55. The second-order valence-corrected chi connectivity index (χ2v) is 8.75. The quantitative estimate of drug-likeness (QED) is 0.439. The average Bonchev–Trinajstić information content (AvgIpc) is 3.23. The number of hydrogen-bond donors (Lipinski definition) is 2. The van der Waals surface area contributed by atoms with E-state index in [-0.39, 0.29) is 30.5 Å². The van der Waals surface area contributed by atoms with Gasteiger partial charge in [0.05, 0.1) is 0 Å². The molecule has 3 heterocycles. The Hall–Kier alpha value is -4.16. The highest BCUT2D eigenvalue weighted by atomic mass is 19.4. The summed E-state index contributed by atoms with van der Waals surface area (Å²) in [6, 6.07) is 4.02. The highest BCUT2D eigenvalue weighted by Gasteiger charge is 2.35. The van der Waals surface area contributed by atoms with Crippen molar-refractivity contribution in [2.24, 2.45) is 5.92 Å². The van der Waals surface area contributed by atoms with Gasteiger partial charge in [0.25, 0.3) is 5.91 Å². The average molecular weight is 519 g/mol. The van der Waals surface area contributed by atoms with Gasteiger partial charge in [0.2, 0.25) is 5.91 Å². The van der Waals surface area contributed by atoms with Crippen LogP contribution in [0, 0.1) is 5.92 Å². The molecule has 1 saturated heterocycles. The Balaban J connectivity index is 1.42. The summed E-state index contributed by atoms with van der Waals surface area (Å²) in [6.45, 7) is 3.33. The molecule has 196 valence electrons. The Morgan fingerprint density at radius 2 is 1.97 bits per heavy atom. The van der Waals surface area contributed by atoms with E-state index in [1.165, 1.54) is 24.5 Å². The summed E-state index contributed by atoms with van der Waals surface area (Å²) in [7, 11) is 0. The Labute approximate surface area is 209 Å². The van der Waals surface area contributed by atoms with Crippen LogP contribution in [-0.4, -0.2) is 57.7 Å². The summed E-state index contributed by atoms with van der Waals surface area (Å²) in [5, 5.41) is 5.70. The number of alkyl halides is 3. The Bertz CT molecular complexity index is 1320. The largest absolute Gasteiger partial charge is 0.573 e. The van der Waals surface area contributed by atoms with Gasteiger partial charge in [-0.3, -0.25) is 14.4 Å². The Morgan fingerprint density at radius 1 is 1.24 bits per heavy atom.